The number of benzene rings is 2. The van der Waals surface area contributed by atoms with Crippen LogP contribution in [0.15, 0.2) is 60.8 Å². The molecule has 1 amide bonds. The highest BCUT2D eigenvalue weighted by Gasteiger charge is 2.32. The van der Waals surface area contributed by atoms with Crippen molar-refractivity contribution in [1.29, 1.82) is 0 Å². The lowest BCUT2D eigenvalue weighted by atomic mass is 9.86. The molecular formula is C31H39N3O4. The third-order valence-corrected chi connectivity index (χ3v) is 7.44. The Hall–Kier alpha value is -3.32. The standard InChI is InChI=1S/C31H39N3O4/c1-2-3-17-32-30(36)24(18-22-13-7-8-14-22)20-28(35)29(19-23-11-5-4-6-12-23)38-31(37)27-21-33-25-15-9-10-16-26(25)34-27/h4-6,9-12,15-16,21-22,24,28-29,35H,2-3,7-8,13-14,17-20H2,1H3,(H,32,36)/t24-,28+,29+/m1/s1. The fourth-order valence-corrected chi connectivity index (χ4v) is 5.29. The van der Waals surface area contributed by atoms with E-state index in [0.717, 1.165) is 37.7 Å². The quantitative estimate of drug-likeness (QED) is 0.237. The molecular weight excluding hydrogens is 478 g/mol. The molecule has 0 spiro atoms. The van der Waals surface area contributed by atoms with Crippen molar-refractivity contribution in [2.45, 2.75) is 76.9 Å². The van der Waals surface area contributed by atoms with Gasteiger partial charge in [0.2, 0.25) is 5.91 Å². The zero-order chi connectivity index (χ0) is 26.7. The van der Waals surface area contributed by atoms with Crippen molar-refractivity contribution < 1.29 is 19.4 Å². The minimum atomic E-state index is -1.00. The lowest BCUT2D eigenvalue weighted by Gasteiger charge is -2.28. The Morgan fingerprint density at radius 3 is 2.50 bits per heavy atom. The van der Waals surface area contributed by atoms with E-state index in [4.69, 9.17) is 4.74 Å². The third kappa shape index (κ3) is 7.84. The maximum atomic E-state index is 13.2. The van der Waals surface area contributed by atoms with Crippen LogP contribution in [0, 0.1) is 11.8 Å². The number of ether oxygens (including phenoxy) is 1. The van der Waals surface area contributed by atoms with Crippen LogP contribution in [0.3, 0.4) is 0 Å². The number of aromatic nitrogens is 2. The molecule has 7 nitrogen and oxygen atoms in total. The molecule has 1 aliphatic carbocycles. The van der Waals surface area contributed by atoms with Gasteiger partial charge in [0.25, 0.3) is 0 Å². The van der Waals surface area contributed by atoms with Crippen LogP contribution in [-0.2, 0) is 16.0 Å². The van der Waals surface area contributed by atoms with Gasteiger partial charge in [-0.1, -0.05) is 81.5 Å². The average molecular weight is 518 g/mol. The molecule has 2 aromatic carbocycles. The Labute approximate surface area is 225 Å². The predicted molar refractivity (Wildman–Crippen MR) is 147 cm³/mol. The first-order valence-corrected chi connectivity index (χ1v) is 14.0. The second kappa shape index (κ2) is 14.0. The highest BCUT2D eigenvalue weighted by Crippen LogP contribution is 2.32. The maximum absolute atomic E-state index is 13.2. The van der Waals surface area contributed by atoms with E-state index < -0.39 is 18.2 Å². The second-order valence-electron chi connectivity index (χ2n) is 10.4. The molecule has 0 radical (unpaired) electrons. The van der Waals surface area contributed by atoms with Crippen molar-refractivity contribution in [3.63, 3.8) is 0 Å². The van der Waals surface area contributed by atoms with Gasteiger partial charge in [-0.2, -0.15) is 0 Å². The number of unbranched alkanes of at least 4 members (excludes halogenated alkanes) is 1. The summed E-state index contributed by atoms with van der Waals surface area (Å²) in [4.78, 5) is 35.0. The van der Waals surface area contributed by atoms with Crippen molar-refractivity contribution >= 4 is 22.9 Å². The number of carbonyl (C=O) groups is 2. The summed E-state index contributed by atoms with van der Waals surface area (Å²) in [6, 6.07) is 17.0. The minimum absolute atomic E-state index is 0.0189. The molecule has 1 fully saturated rings. The molecule has 1 heterocycles. The van der Waals surface area contributed by atoms with Gasteiger partial charge in [-0.25, -0.2) is 9.78 Å². The molecule has 0 aliphatic heterocycles. The fourth-order valence-electron chi connectivity index (χ4n) is 5.29. The van der Waals surface area contributed by atoms with Crippen LogP contribution in [0.2, 0.25) is 0 Å². The number of aliphatic hydroxyl groups excluding tert-OH is 1. The number of esters is 1. The number of aliphatic hydroxyl groups is 1. The lowest BCUT2D eigenvalue weighted by Crippen LogP contribution is -2.39. The first-order chi connectivity index (χ1) is 18.5. The Bertz CT molecular complexity index is 1180. The van der Waals surface area contributed by atoms with E-state index in [2.05, 4.69) is 22.2 Å². The molecule has 1 aliphatic rings. The molecule has 202 valence electrons. The van der Waals surface area contributed by atoms with E-state index in [1.54, 1.807) is 6.07 Å². The van der Waals surface area contributed by atoms with Gasteiger partial charge in [-0.05, 0) is 42.9 Å². The molecule has 0 unspecified atom stereocenters. The third-order valence-electron chi connectivity index (χ3n) is 7.44. The number of rotatable bonds is 13. The van der Waals surface area contributed by atoms with E-state index >= 15 is 0 Å². The Kier molecular flexibility index (Phi) is 10.2. The largest absolute Gasteiger partial charge is 0.454 e. The van der Waals surface area contributed by atoms with E-state index in [9.17, 15) is 14.7 Å². The van der Waals surface area contributed by atoms with Crippen molar-refractivity contribution in [3.05, 3.63) is 72.1 Å². The summed E-state index contributed by atoms with van der Waals surface area (Å²) >= 11 is 0. The highest BCUT2D eigenvalue weighted by molar-refractivity contribution is 5.89. The number of carbonyl (C=O) groups excluding carboxylic acids is 2. The van der Waals surface area contributed by atoms with Crippen molar-refractivity contribution in [2.75, 3.05) is 6.54 Å². The molecule has 3 aromatic rings. The van der Waals surface area contributed by atoms with Crippen molar-refractivity contribution in [2.24, 2.45) is 11.8 Å². The number of fused-ring (bicyclic) bond motifs is 1. The molecule has 3 atom stereocenters. The van der Waals surface area contributed by atoms with E-state index in [0.29, 0.717) is 29.9 Å². The van der Waals surface area contributed by atoms with Crippen LogP contribution in [0.1, 0.15) is 74.3 Å². The lowest BCUT2D eigenvalue weighted by molar-refractivity contribution is -0.127. The van der Waals surface area contributed by atoms with Gasteiger partial charge in [0.05, 0.1) is 23.3 Å². The highest BCUT2D eigenvalue weighted by atomic mass is 16.6. The Balaban J connectivity index is 1.51. The number of nitrogens with one attached hydrogen (secondary N) is 1. The predicted octanol–water partition coefficient (Wildman–Crippen LogP) is 5.26. The fraction of sp³-hybridized carbons (Fsp3) is 0.484. The van der Waals surface area contributed by atoms with Gasteiger partial charge >= 0.3 is 5.97 Å². The van der Waals surface area contributed by atoms with Gasteiger partial charge in [0, 0.05) is 18.9 Å². The normalized spacial score (nSPS) is 16.2. The van der Waals surface area contributed by atoms with Gasteiger partial charge in [-0.15, -0.1) is 0 Å². The minimum Gasteiger partial charge on any atom is -0.454 e. The van der Waals surface area contributed by atoms with Crippen molar-refractivity contribution in [1.82, 2.24) is 15.3 Å². The number of hydrogen-bond donors (Lipinski definition) is 2. The molecule has 1 saturated carbocycles. The number of nitrogens with zero attached hydrogens (tertiary/aromatic N) is 2. The van der Waals surface area contributed by atoms with Crippen LogP contribution in [0.5, 0.6) is 0 Å². The zero-order valence-electron chi connectivity index (χ0n) is 22.2. The summed E-state index contributed by atoms with van der Waals surface area (Å²) in [5.41, 5.74) is 2.32. The molecule has 1 aromatic heterocycles. The Morgan fingerprint density at radius 1 is 1.05 bits per heavy atom. The Morgan fingerprint density at radius 2 is 1.76 bits per heavy atom. The average Bonchev–Trinajstić information content (AvgIpc) is 3.46. The summed E-state index contributed by atoms with van der Waals surface area (Å²) in [5, 5.41) is 14.5. The molecule has 0 saturated heterocycles. The molecule has 38 heavy (non-hydrogen) atoms. The smallest absolute Gasteiger partial charge is 0.358 e. The summed E-state index contributed by atoms with van der Waals surface area (Å²) in [7, 11) is 0. The number of para-hydroxylation sites is 2. The topological polar surface area (TPSA) is 101 Å². The van der Waals surface area contributed by atoms with Gasteiger partial charge in [0.15, 0.2) is 5.69 Å². The molecule has 2 N–H and O–H groups in total. The van der Waals surface area contributed by atoms with Crippen LogP contribution in [-0.4, -0.2) is 45.7 Å². The summed E-state index contributed by atoms with van der Waals surface area (Å²) < 4.78 is 5.88. The zero-order valence-corrected chi connectivity index (χ0v) is 22.2. The molecule has 4 rings (SSSR count). The first kappa shape index (κ1) is 27.7. The van der Waals surface area contributed by atoms with Crippen molar-refractivity contribution in [3.8, 4) is 0 Å². The molecule has 0 bridgehead atoms. The SMILES string of the molecule is CCCCNC(=O)[C@H](CC1CCCC1)C[C@H](O)[C@H](Cc1ccccc1)OC(=O)c1cnc2ccccc2n1. The number of amides is 1. The van der Waals surface area contributed by atoms with E-state index in [1.807, 2.05) is 48.5 Å². The van der Waals surface area contributed by atoms with Crippen LogP contribution in [0.4, 0.5) is 0 Å². The van der Waals surface area contributed by atoms with Crippen LogP contribution >= 0.6 is 0 Å². The van der Waals surface area contributed by atoms with E-state index in [1.165, 1.54) is 19.0 Å². The molecule has 7 heteroatoms. The maximum Gasteiger partial charge on any atom is 0.358 e. The summed E-state index contributed by atoms with van der Waals surface area (Å²) in [6.45, 7) is 2.73. The van der Waals surface area contributed by atoms with Crippen LogP contribution < -0.4 is 5.32 Å². The van der Waals surface area contributed by atoms with Gasteiger partial charge in [0.1, 0.15) is 6.10 Å². The second-order valence-corrected chi connectivity index (χ2v) is 10.4. The monoisotopic (exact) mass is 517 g/mol. The summed E-state index contributed by atoms with van der Waals surface area (Å²) in [6.07, 6.45) is 7.45. The van der Waals surface area contributed by atoms with Crippen LogP contribution in [0.25, 0.3) is 11.0 Å². The first-order valence-electron chi connectivity index (χ1n) is 14.0. The number of hydrogen-bond acceptors (Lipinski definition) is 6. The van der Waals surface area contributed by atoms with Gasteiger partial charge in [-0.3, -0.25) is 9.78 Å². The van der Waals surface area contributed by atoms with E-state index in [-0.39, 0.29) is 23.9 Å². The van der Waals surface area contributed by atoms with Gasteiger partial charge < -0.3 is 15.2 Å². The summed E-state index contributed by atoms with van der Waals surface area (Å²) in [5.74, 6) is -0.493.